The van der Waals surface area contributed by atoms with Crippen molar-refractivity contribution < 1.29 is 31.9 Å². The van der Waals surface area contributed by atoms with E-state index in [2.05, 4.69) is 10.6 Å². The Bertz CT molecular complexity index is 951. The maximum Gasteiger partial charge on any atom is 0.406 e. The van der Waals surface area contributed by atoms with Crippen molar-refractivity contribution in [2.24, 2.45) is 5.41 Å². The zero-order valence-corrected chi connectivity index (χ0v) is 18.2. The van der Waals surface area contributed by atoms with Crippen LogP contribution in [-0.2, 0) is 11.3 Å². The Hall–Kier alpha value is -2.85. The van der Waals surface area contributed by atoms with Crippen LogP contribution in [0.25, 0.3) is 0 Å². The Balaban J connectivity index is 1.30. The number of alkyl halides is 3. The van der Waals surface area contributed by atoms with Crippen molar-refractivity contribution in [2.45, 2.75) is 62.8 Å². The van der Waals surface area contributed by atoms with Crippen LogP contribution in [0.15, 0.2) is 24.3 Å². The molecule has 180 valence electrons. The van der Waals surface area contributed by atoms with Crippen molar-refractivity contribution in [1.82, 2.24) is 20.4 Å². The number of hydrogen-bond acceptors (Lipinski definition) is 3. The number of rotatable bonds is 4. The van der Waals surface area contributed by atoms with Gasteiger partial charge in [0.25, 0.3) is 5.91 Å². The van der Waals surface area contributed by atoms with Gasteiger partial charge in [0, 0.05) is 19.6 Å². The molecule has 1 aliphatic heterocycles. The van der Waals surface area contributed by atoms with Gasteiger partial charge in [-0.3, -0.25) is 9.69 Å². The van der Waals surface area contributed by atoms with Crippen LogP contribution >= 0.6 is 0 Å². The minimum Gasteiger partial charge on any atom is -0.335 e. The number of halogens is 4. The normalized spacial score (nSPS) is 29.5. The second kappa shape index (κ2) is 8.18. The molecule has 0 radical (unpaired) electrons. The molecule has 33 heavy (non-hydrogen) atoms. The Morgan fingerprint density at radius 3 is 2.45 bits per heavy atom. The first kappa shape index (κ1) is 23.3. The molecular formula is C22H26F4N4O3. The summed E-state index contributed by atoms with van der Waals surface area (Å²) in [4.78, 5) is 38.6. The highest BCUT2D eigenvalue weighted by Gasteiger charge is 2.68. The molecule has 2 spiro atoms. The van der Waals surface area contributed by atoms with Gasteiger partial charge < -0.3 is 15.5 Å². The number of hydrogen-bond donors (Lipinski definition) is 2. The van der Waals surface area contributed by atoms with Crippen LogP contribution in [-0.4, -0.2) is 59.1 Å². The number of carbonyl (C=O) groups is 3. The highest BCUT2D eigenvalue weighted by atomic mass is 19.4. The lowest BCUT2D eigenvalue weighted by Crippen LogP contribution is -2.65. The van der Waals surface area contributed by atoms with Crippen LogP contribution < -0.4 is 10.6 Å². The molecule has 0 aromatic heterocycles. The number of benzene rings is 1. The van der Waals surface area contributed by atoms with E-state index >= 15 is 0 Å². The van der Waals surface area contributed by atoms with Crippen LogP contribution in [0.1, 0.15) is 44.1 Å². The smallest absolute Gasteiger partial charge is 0.335 e. The molecule has 0 atom stereocenters. The maximum absolute atomic E-state index is 13.2. The quantitative estimate of drug-likeness (QED) is 0.522. The number of amides is 5. The summed E-state index contributed by atoms with van der Waals surface area (Å²) in [5.41, 5.74) is -1.08. The molecule has 2 N–H and O–H groups in total. The molecule has 5 amide bonds. The van der Waals surface area contributed by atoms with E-state index in [4.69, 9.17) is 0 Å². The van der Waals surface area contributed by atoms with Gasteiger partial charge in [0.2, 0.25) is 0 Å². The minimum atomic E-state index is -4.59. The Morgan fingerprint density at radius 1 is 1.18 bits per heavy atom. The van der Waals surface area contributed by atoms with Crippen molar-refractivity contribution in [3.63, 3.8) is 0 Å². The van der Waals surface area contributed by atoms with Crippen LogP contribution in [0.4, 0.5) is 27.2 Å². The summed E-state index contributed by atoms with van der Waals surface area (Å²) in [5, 5.41) is 5.57. The van der Waals surface area contributed by atoms with E-state index in [1.807, 2.05) is 0 Å². The van der Waals surface area contributed by atoms with Crippen molar-refractivity contribution in [3.8, 4) is 0 Å². The van der Waals surface area contributed by atoms with Gasteiger partial charge in [0.15, 0.2) is 0 Å². The van der Waals surface area contributed by atoms with E-state index in [9.17, 15) is 31.9 Å². The van der Waals surface area contributed by atoms with E-state index in [1.54, 1.807) is 12.1 Å². The largest absolute Gasteiger partial charge is 0.406 e. The number of urea groups is 2. The molecule has 1 heterocycles. The van der Waals surface area contributed by atoms with E-state index in [1.165, 1.54) is 19.2 Å². The molecule has 7 nitrogen and oxygen atoms in total. The Kier molecular flexibility index (Phi) is 5.78. The summed E-state index contributed by atoms with van der Waals surface area (Å²) in [6.07, 6.45) is -1.62. The lowest BCUT2D eigenvalue weighted by atomic mass is 9.51. The summed E-state index contributed by atoms with van der Waals surface area (Å²) in [5.74, 6) is -0.952. The van der Waals surface area contributed by atoms with Gasteiger partial charge in [0.1, 0.15) is 17.9 Å². The van der Waals surface area contributed by atoms with E-state index < -0.39 is 30.2 Å². The standard InChI is InChI=1S/C22H26F4N4O3/c1-29-17(31)21(30(19(29)33)13-22(24,25)26)11-20(12-21)7-5-16(6-8-20)28-18(32)27-10-14-3-2-4-15(23)9-14/h2-4,9,16H,5-8,10-13H2,1H3,(H2,27,28,32). The van der Waals surface area contributed by atoms with Crippen LogP contribution in [0.5, 0.6) is 0 Å². The third kappa shape index (κ3) is 4.49. The molecule has 3 fully saturated rings. The van der Waals surface area contributed by atoms with Gasteiger partial charge in [-0.1, -0.05) is 12.1 Å². The first-order valence-electron chi connectivity index (χ1n) is 10.9. The molecule has 0 bridgehead atoms. The van der Waals surface area contributed by atoms with E-state index in [-0.39, 0.29) is 42.7 Å². The first-order valence-corrected chi connectivity index (χ1v) is 10.9. The molecule has 2 saturated carbocycles. The topological polar surface area (TPSA) is 81.8 Å². The fourth-order valence-electron chi connectivity index (χ4n) is 5.60. The number of nitrogens with one attached hydrogen (secondary N) is 2. The van der Waals surface area contributed by atoms with Gasteiger partial charge in [-0.15, -0.1) is 0 Å². The van der Waals surface area contributed by atoms with Gasteiger partial charge in [-0.2, -0.15) is 13.2 Å². The monoisotopic (exact) mass is 470 g/mol. The number of nitrogens with zero attached hydrogens (tertiary/aromatic N) is 2. The fourth-order valence-corrected chi connectivity index (χ4v) is 5.60. The average molecular weight is 470 g/mol. The highest BCUT2D eigenvalue weighted by molar-refractivity contribution is 6.07. The zero-order valence-electron chi connectivity index (χ0n) is 18.2. The second-order valence-electron chi connectivity index (χ2n) is 9.46. The van der Waals surface area contributed by atoms with Crippen molar-refractivity contribution >= 4 is 18.0 Å². The lowest BCUT2D eigenvalue weighted by Gasteiger charge is -2.58. The summed E-state index contributed by atoms with van der Waals surface area (Å²) in [6, 6.07) is 4.54. The van der Waals surface area contributed by atoms with E-state index in [0.29, 0.717) is 36.1 Å². The summed E-state index contributed by atoms with van der Waals surface area (Å²) in [7, 11) is 1.22. The Labute approximate surface area is 188 Å². The zero-order chi connectivity index (χ0) is 24.0. The third-order valence-corrected chi connectivity index (χ3v) is 7.13. The first-order chi connectivity index (χ1) is 15.4. The van der Waals surface area contributed by atoms with Gasteiger partial charge in [-0.25, -0.2) is 14.0 Å². The number of carbonyl (C=O) groups excluding carboxylic acids is 3. The molecule has 1 aromatic carbocycles. The molecular weight excluding hydrogens is 444 g/mol. The molecule has 3 aliphatic rings. The number of likely N-dealkylation sites (N-methyl/N-ethyl adjacent to an activating group) is 1. The molecule has 0 unspecified atom stereocenters. The minimum absolute atomic E-state index is 0.102. The fraction of sp³-hybridized carbons (Fsp3) is 0.591. The van der Waals surface area contributed by atoms with Crippen molar-refractivity contribution in [3.05, 3.63) is 35.6 Å². The van der Waals surface area contributed by atoms with Gasteiger partial charge in [0.05, 0.1) is 0 Å². The number of imide groups is 1. The average Bonchev–Trinajstić information content (AvgIpc) is 2.89. The SMILES string of the molecule is CN1C(=O)N(CC(F)(F)F)C2(CC3(CCC(NC(=O)NCc4cccc(F)c4)CC3)C2)C1=O. The molecule has 2 aliphatic carbocycles. The third-order valence-electron chi connectivity index (χ3n) is 7.13. The lowest BCUT2D eigenvalue weighted by molar-refractivity contribution is -0.173. The van der Waals surface area contributed by atoms with Crippen LogP contribution in [0.3, 0.4) is 0 Å². The van der Waals surface area contributed by atoms with E-state index in [0.717, 1.165) is 4.90 Å². The summed E-state index contributed by atoms with van der Waals surface area (Å²) < 4.78 is 52.4. The van der Waals surface area contributed by atoms with Gasteiger partial charge in [-0.05, 0) is 61.6 Å². The molecule has 11 heteroatoms. The molecule has 1 saturated heterocycles. The van der Waals surface area contributed by atoms with Gasteiger partial charge >= 0.3 is 18.2 Å². The predicted octanol–water partition coefficient (Wildman–Crippen LogP) is 3.54. The van der Waals surface area contributed by atoms with Crippen molar-refractivity contribution in [2.75, 3.05) is 13.6 Å². The Morgan fingerprint density at radius 2 is 1.85 bits per heavy atom. The summed E-state index contributed by atoms with van der Waals surface area (Å²) in [6.45, 7) is -1.25. The maximum atomic E-state index is 13.2. The van der Waals surface area contributed by atoms with Crippen molar-refractivity contribution in [1.29, 1.82) is 0 Å². The molecule has 4 rings (SSSR count). The van der Waals surface area contributed by atoms with Crippen LogP contribution in [0, 0.1) is 11.2 Å². The second-order valence-corrected chi connectivity index (χ2v) is 9.46. The highest BCUT2D eigenvalue weighted by Crippen LogP contribution is 2.61. The predicted molar refractivity (Wildman–Crippen MR) is 109 cm³/mol. The summed E-state index contributed by atoms with van der Waals surface area (Å²) >= 11 is 0. The molecule has 1 aromatic rings. The van der Waals surface area contributed by atoms with Crippen LogP contribution in [0.2, 0.25) is 0 Å².